The van der Waals surface area contributed by atoms with Crippen LogP contribution in [0.5, 0.6) is 0 Å². The zero-order valence-corrected chi connectivity index (χ0v) is 6.21. The first kappa shape index (κ1) is 7.54. The molecule has 0 heterocycles. The van der Waals surface area contributed by atoms with E-state index in [0.29, 0.717) is 9.76 Å². The van der Waals surface area contributed by atoms with Crippen molar-refractivity contribution in [2.75, 3.05) is 0 Å². The van der Waals surface area contributed by atoms with Gasteiger partial charge in [0.1, 0.15) is 0 Å². The number of rotatable bonds is 2. The molecule has 0 aliphatic rings. The summed E-state index contributed by atoms with van der Waals surface area (Å²) in [4.78, 5) is 19.9. The standard InChI is InChI=1S/2CHO.2ClH.Rh/c2*1-2;;;/h2*1H;2*1H;/q;;;;+2/p-2. The molecule has 0 saturated carbocycles. The molecule has 0 bridgehead atoms. The molecule has 0 aromatic rings. The number of hydrogen-bond acceptors (Lipinski definition) is 2. The monoisotopic (exact) mass is 231 g/mol. The summed E-state index contributed by atoms with van der Waals surface area (Å²) >= 11 is -3.26. The molecule has 0 atom stereocenters. The van der Waals surface area contributed by atoms with Gasteiger partial charge in [-0.05, 0) is 0 Å². The summed E-state index contributed by atoms with van der Waals surface area (Å²) in [7, 11) is 10.2. The Bertz CT molecular complexity index is 81.7. The van der Waals surface area contributed by atoms with E-state index in [1.807, 2.05) is 0 Å². The van der Waals surface area contributed by atoms with Gasteiger partial charge in [-0.2, -0.15) is 0 Å². The van der Waals surface area contributed by atoms with E-state index < -0.39 is 12.8 Å². The second kappa shape index (κ2) is 2.75. The fraction of sp³-hybridized carbons (Fsp3) is 0. The van der Waals surface area contributed by atoms with E-state index in [9.17, 15) is 9.59 Å². The predicted molar refractivity (Wildman–Crippen MR) is 25.2 cm³/mol. The molecule has 0 unspecified atom stereocenters. The molecule has 0 amide bonds. The van der Waals surface area contributed by atoms with E-state index >= 15 is 0 Å². The van der Waals surface area contributed by atoms with Gasteiger partial charge >= 0.3 is 51.5 Å². The van der Waals surface area contributed by atoms with Crippen LogP contribution >= 0.6 is 19.4 Å². The molecule has 0 radical (unpaired) electrons. The minimum absolute atomic E-state index is 0.316. The molecule has 0 N–H and O–H groups in total. The summed E-state index contributed by atoms with van der Waals surface area (Å²) in [6.45, 7) is 0. The van der Waals surface area contributed by atoms with Gasteiger partial charge in [-0.15, -0.1) is 0 Å². The van der Waals surface area contributed by atoms with Gasteiger partial charge in [-0.1, -0.05) is 0 Å². The predicted octanol–water partition coefficient (Wildman–Crippen LogP) is 0.828. The summed E-state index contributed by atoms with van der Waals surface area (Å²) in [6.07, 6.45) is 0. The van der Waals surface area contributed by atoms with Crippen molar-refractivity contribution in [1.29, 1.82) is 0 Å². The molecular formula is C2H2Cl2O2Rh. The number of halogens is 2. The number of carbonyl (C=O) groups excluding carboxylic acids is 2. The molecular weight excluding hydrogens is 230 g/mol. The molecule has 0 spiro atoms. The van der Waals surface area contributed by atoms with Gasteiger partial charge in [0, 0.05) is 0 Å². The van der Waals surface area contributed by atoms with Crippen molar-refractivity contribution in [3.05, 3.63) is 0 Å². The number of carbonyl (C=O) groups is 2. The van der Waals surface area contributed by atoms with E-state index in [4.69, 9.17) is 19.4 Å². The second-order valence-corrected chi connectivity index (χ2v) is 9.29. The van der Waals surface area contributed by atoms with Crippen molar-refractivity contribution in [2.45, 2.75) is 0 Å². The fourth-order valence-electron chi connectivity index (χ4n) is 0.0185. The minimum atomic E-state index is -3.26. The quantitative estimate of drug-likeness (QED) is 0.521. The Balaban J connectivity index is 3.82. The second-order valence-electron chi connectivity index (χ2n) is 0.607. The zero-order valence-electron chi connectivity index (χ0n) is 3.06. The molecule has 0 saturated heterocycles. The molecule has 0 aromatic heterocycles. The van der Waals surface area contributed by atoms with Crippen LogP contribution in [0.15, 0.2) is 0 Å². The van der Waals surface area contributed by atoms with Gasteiger partial charge < -0.3 is 0 Å². The molecule has 0 aliphatic carbocycles. The summed E-state index contributed by atoms with van der Waals surface area (Å²) in [6, 6.07) is 0. The first-order valence-electron chi connectivity index (χ1n) is 1.11. The normalized spacial score (nSPS) is 12.9. The van der Waals surface area contributed by atoms with Gasteiger partial charge in [0.05, 0.1) is 0 Å². The van der Waals surface area contributed by atoms with Crippen LogP contribution < -0.4 is 0 Å². The van der Waals surface area contributed by atoms with E-state index in [0.717, 1.165) is 0 Å². The van der Waals surface area contributed by atoms with E-state index in [2.05, 4.69) is 0 Å². The number of hydrogen-bond donors (Lipinski definition) is 0. The van der Waals surface area contributed by atoms with Crippen LogP contribution in [0, 0.1) is 0 Å². The molecule has 0 aromatic carbocycles. The Morgan fingerprint density at radius 1 is 1.14 bits per heavy atom. The van der Waals surface area contributed by atoms with Crippen molar-refractivity contribution >= 4 is 29.1 Å². The van der Waals surface area contributed by atoms with Crippen LogP contribution in [0.25, 0.3) is 0 Å². The van der Waals surface area contributed by atoms with Gasteiger partial charge in [0.2, 0.25) is 0 Å². The Hall–Kier alpha value is 0.543. The van der Waals surface area contributed by atoms with Crippen LogP contribution in [-0.2, 0) is 22.4 Å². The van der Waals surface area contributed by atoms with E-state index in [1.54, 1.807) is 0 Å². The van der Waals surface area contributed by atoms with Crippen molar-refractivity contribution in [1.82, 2.24) is 0 Å². The van der Waals surface area contributed by atoms with Gasteiger partial charge in [-0.3, -0.25) is 0 Å². The Morgan fingerprint density at radius 2 is 1.43 bits per heavy atom. The third kappa shape index (κ3) is 3.15. The van der Waals surface area contributed by atoms with Crippen LogP contribution in [0.1, 0.15) is 0 Å². The molecule has 2 nitrogen and oxygen atoms in total. The maximum absolute atomic E-state index is 9.63. The zero-order chi connectivity index (χ0) is 5.91. The van der Waals surface area contributed by atoms with Gasteiger partial charge in [0.25, 0.3) is 0 Å². The Kier molecular flexibility index (Phi) is 2.97. The van der Waals surface area contributed by atoms with Gasteiger partial charge in [-0.25, -0.2) is 0 Å². The molecule has 0 aliphatic heterocycles. The molecule has 7 heavy (non-hydrogen) atoms. The topological polar surface area (TPSA) is 34.1 Å². The molecule has 0 fully saturated rings. The van der Waals surface area contributed by atoms with Crippen LogP contribution in [0.3, 0.4) is 0 Å². The van der Waals surface area contributed by atoms with Crippen LogP contribution in [0.4, 0.5) is 0 Å². The first-order valence-corrected chi connectivity index (χ1v) is 7.22. The van der Waals surface area contributed by atoms with Crippen molar-refractivity contribution in [3.63, 3.8) is 0 Å². The van der Waals surface area contributed by atoms with E-state index in [-0.39, 0.29) is 0 Å². The third-order valence-corrected chi connectivity index (χ3v) is 2.64. The van der Waals surface area contributed by atoms with Crippen molar-refractivity contribution in [3.8, 4) is 0 Å². The van der Waals surface area contributed by atoms with Crippen molar-refractivity contribution in [2.24, 2.45) is 0 Å². The third-order valence-electron chi connectivity index (χ3n) is 0.210. The van der Waals surface area contributed by atoms with Gasteiger partial charge in [0.15, 0.2) is 0 Å². The summed E-state index contributed by atoms with van der Waals surface area (Å²) < 4.78 is 0. The Morgan fingerprint density at radius 3 is 1.43 bits per heavy atom. The average Bonchev–Trinajstić information content (AvgIpc) is 1.68. The summed E-state index contributed by atoms with van der Waals surface area (Å²) in [5.74, 6) is 0. The van der Waals surface area contributed by atoms with Crippen molar-refractivity contribution < 1.29 is 22.4 Å². The maximum atomic E-state index is 9.63. The first-order chi connectivity index (χ1) is 3.12. The molecule has 0 rings (SSSR count). The SMILES string of the molecule is O=[CH][Rh]([Cl])([Cl])[CH]=O. The molecule has 5 heteroatoms. The van der Waals surface area contributed by atoms with Crippen LogP contribution in [-0.4, -0.2) is 9.76 Å². The summed E-state index contributed by atoms with van der Waals surface area (Å²) in [5, 5.41) is 0. The fourth-order valence-corrected chi connectivity index (χ4v) is 0.110. The Labute approximate surface area is 51.7 Å². The molecule has 45 valence electrons. The van der Waals surface area contributed by atoms with Crippen LogP contribution in [0.2, 0.25) is 0 Å². The summed E-state index contributed by atoms with van der Waals surface area (Å²) in [5.41, 5.74) is 0. The average molecular weight is 232 g/mol. The van der Waals surface area contributed by atoms with E-state index in [1.165, 1.54) is 0 Å².